The van der Waals surface area contributed by atoms with Crippen LogP contribution in [-0.4, -0.2) is 34.3 Å². The van der Waals surface area contributed by atoms with Gasteiger partial charge in [-0.15, -0.1) is 0 Å². The second-order valence-corrected chi connectivity index (χ2v) is 6.38. The van der Waals surface area contributed by atoms with Gasteiger partial charge >= 0.3 is 0 Å². The van der Waals surface area contributed by atoms with E-state index in [4.69, 9.17) is 23.2 Å². The van der Waals surface area contributed by atoms with E-state index in [9.17, 15) is 4.79 Å². The van der Waals surface area contributed by atoms with Gasteiger partial charge in [0.25, 0.3) is 0 Å². The molecule has 24 heavy (non-hydrogen) atoms. The third-order valence-corrected chi connectivity index (χ3v) is 4.05. The lowest BCUT2D eigenvalue weighted by molar-refractivity contribution is 0.105. The Labute approximate surface area is 149 Å². The van der Waals surface area contributed by atoms with Gasteiger partial charge in [-0.25, -0.2) is 4.98 Å². The zero-order valence-electron chi connectivity index (χ0n) is 13.2. The topological polar surface area (TPSA) is 38.1 Å². The summed E-state index contributed by atoms with van der Waals surface area (Å²) < 4.78 is 1.77. The van der Waals surface area contributed by atoms with E-state index in [0.29, 0.717) is 21.3 Å². The van der Waals surface area contributed by atoms with Crippen LogP contribution in [0.5, 0.6) is 0 Å². The number of hydrogen-bond acceptors (Lipinski definition) is 3. The van der Waals surface area contributed by atoms with Crippen LogP contribution in [0, 0.1) is 0 Å². The van der Waals surface area contributed by atoms with E-state index in [0.717, 1.165) is 11.0 Å². The lowest BCUT2D eigenvalue weighted by Crippen LogP contribution is -2.14. The van der Waals surface area contributed by atoms with Gasteiger partial charge < -0.3 is 4.90 Å². The van der Waals surface area contributed by atoms with Crippen LogP contribution in [-0.2, 0) is 0 Å². The van der Waals surface area contributed by atoms with Crippen LogP contribution in [0.2, 0.25) is 10.0 Å². The number of benzene rings is 2. The molecule has 0 fully saturated rings. The van der Waals surface area contributed by atoms with Crippen LogP contribution in [0.4, 0.5) is 0 Å². The van der Waals surface area contributed by atoms with Crippen LogP contribution >= 0.6 is 23.2 Å². The minimum Gasteiger partial charge on any atom is -0.382 e. The maximum absolute atomic E-state index is 13.1. The minimum atomic E-state index is -0.200. The molecule has 0 unspecified atom stereocenters. The molecule has 1 heterocycles. The second-order valence-electron chi connectivity index (χ2n) is 5.53. The number of imidazole rings is 1. The highest BCUT2D eigenvalue weighted by atomic mass is 35.5. The molecule has 0 aliphatic rings. The molecule has 0 radical (unpaired) electrons. The van der Waals surface area contributed by atoms with Gasteiger partial charge in [0.2, 0.25) is 5.78 Å². The van der Waals surface area contributed by atoms with Gasteiger partial charge in [0.15, 0.2) is 0 Å². The fourth-order valence-corrected chi connectivity index (χ4v) is 2.93. The molecule has 2 aromatic carbocycles. The van der Waals surface area contributed by atoms with Crippen molar-refractivity contribution in [1.82, 2.24) is 14.5 Å². The van der Waals surface area contributed by atoms with Gasteiger partial charge in [-0.05, 0) is 30.3 Å². The Bertz CT molecular complexity index is 944. The highest BCUT2D eigenvalue weighted by molar-refractivity contribution is 6.39. The zero-order chi connectivity index (χ0) is 17.3. The van der Waals surface area contributed by atoms with Crippen molar-refractivity contribution in [2.75, 3.05) is 14.1 Å². The summed E-state index contributed by atoms with van der Waals surface area (Å²) in [5.74, 6) is -0.200. The van der Waals surface area contributed by atoms with Gasteiger partial charge in [-0.3, -0.25) is 9.36 Å². The smallest absolute Gasteiger partial charge is 0.212 e. The summed E-state index contributed by atoms with van der Waals surface area (Å²) in [4.78, 5) is 19.3. The number of hydrogen-bond donors (Lipinski definition) is 0. The molecular weight excluding hydrogens is 345 g/mol. The lowest BCUT2D eigenvalue weighted by Gasteiger charge is -2.14. The van der Waals surface area contributed by atoms with Crippen molar-refractivity contribution < 1.29 is 4.79 Å². The molecule has 0 N–H and O–H groups in total. The number of carbonyl (C=O) groups is 1. The van der Waals surface area contributed by atoms with E-state index in [1.807, 2.05) is 43.3 Å². The first kappa shape index (κ1) is 16.6. The van der Waals surface area contributed by atoms with Crippen LogP contribution < -0.4 is 0 Å². The molecule has 3 aromatic rings. The van der Waals surface area contributed by atoms with Crippen LogP contribution in [0.15, 0.2) is 55.0 Å². The normalized spacial score (nSPS) is 11.8. The Hall–Kier alpha value is -2.30. The van der Waals surface area contributed by atoms with Crippen molar-refractivity contribution in [3.63, 3.8) is 0 Å². The molecular formula is C18H15Cl2N3O. The number of Topliss-reactive ketones (excluding diaryl/α,β-unsaturated/α-hetero) is 1. The Morgan fingerprint density at radius 3 is 2.62 bits per heavy atom. The highest BCUT2D eigenvalue weighted by Gasteiger charge is 2.19. The first-order valence-corrected chi connectivity index (χ1v) is 8.03. The van der Waals surface area contributed by atoms with E-state index in [2.05, 4.69) is 4.98 Å². The van der Waals surface area contributed by atoms with Crippen molar-refractivity contribution in [3.8, 4) is 0 Å². The molecule has 0 bridgehead atoms. The Kier molecular flexibility index (Phi) is 4.60. The molecule has 0 aliphatic carbocycles. The molecule has 122 valence electrons. The van der Waals surface area contributed by atoms with E-state index in [1.165, 1.54) is 0 Å². The average molecular weight is 360 g/mol. The molecule has 4 nitrogen and oxygen atoms in total. The van der Waals surface area contributed by atoms with Crippen molar-refractivity contribution in [2.45, 2.75) is 0 Å². The number of fused-ring (bicyclic) bond motifs is 1. The highest BCUT2D eigenvalue weighted by Crippen LogP contribution is 2.26. The number of allylic oxidation sites excluding steroid dienone is 1. The van der Waals surface area contributed by atoms with E-state index < -0.39 is 0 Å². The summed E-state index contributed by atoms with van der Waals surface area (Å²) in [5, 5.41) is 0.810. The fraction of sp³-hybridized carbons (Fsp3) is 0.111. The summed E-state index contributed by atoms with van der Waals surface area (Å²) in [6.07, 6.45) is 3.39. The van der Waals surface area contributed by atoms with Crippen LogP contribution in [0.1, 0.15) is 10.4 Å². The van der Waals surface area contributed by atoms with Gasteiger partial charge in [-0.2, -0.15) is 0 Å². The Morgan fingerprint density at radius 1 is 1.17 bits per heavy atom. The third-order valence-electron chi connectivity index (χ3n) is 3.50. The van der Waals surface area contributed by atoms with Crippen LogP contribution in [0.3, 0.4) is 0 Å². The Balaban J connectivity index is 2.16. The van der Waals surface area contributed by atoms with Gasteiger partial charge in [-0.1, -0.05) is 35.3 Å². The predicted molar refractivity (Wildman–Crippen MR) is 98.5 cm³/mol. The number of halogens is 2. The first-order chi connectivity index (χ1) is 11.5. The largest absolute Gasteiger partial charge is 0.382 e. The standard InChI is InChI=1S/C18H15Cl2N3O/c1-22(2)10-17(18(24)13-8-7-12(19)9-14(13)20)23-11-21-15-5-3-4-6-16(15)23/h3-11H,1-2H3/b17-10+. The number of ketones is 1. The van der Waals surface area contributed by atoms with E-state index in [-0.39, 0.29) is 5.78 Å². The number of aromatic nitrogens is 2. The fourth-order valence-electron chi connectivity index (χ4n) is 2.44. The van der Waals surface area contributed by atoms with Crippen LogP contribution in [0.25, 0.3) is 16.7 Å². The van der Waals surface area contributed by atoms with Crippen molar-refractivity contribution in [2.24, 2.45) is 0 Å². The number of rotatable bonds is 4. The maximum atomic E-state index is 13.1. The van der Waals surface area contributed by atoms with Gasteiger partial charge in [0, 0.05) is 30.9 Å². The van der Waals surface area contributed by atoms with Crippen molar-refractivity contribution in [1.29, 1.82) is 0 Å². The molecule has 0 saturated carbocycles. The number of nitrogens with zero attached hydrogens (tertiary/aromatic N) is 3. The monoisotopic (exact) mass is 359 g/mol. The van der Waals surface area contributed by atoms with Crippen molar-refractivity contribution in [3.05, 3.63) is 70.6 Å². The zero-order valence-corrected chi connectivity index (χ0v) is 14.7. The number of carbonyl (C=O) groups excluding carboxylic acids is 1. The molecule has 0 atom stereocenters. The number of para-hydroxylation sites is 2. The predicted octanol–water partition coefficient (Wildman–Crippen LogP) is 4.59. The van der Waals surface area contributed by atoms with Gasteiger partial charge in [0.05, 0.1) is 16.1 Å². The first-order valence-electron chi connectivity index (χ1n) is 7.28. The lowest BCUT2D eigenvalue weighted by atomic mass is 10.1. The molecule has 1 aromatic heterocycles. The summed E-state index contributed by atoms with van der Waals surface area (Å²) >= 11 is 12.1. The minimum absolute atomic E-state index is 0.200. The van der Waals surface area contributed by atoms with E-state index >= 15 is 0 Å². The summed E-state index contributed by atoms with van der Waals surface area (Å²) in [6, 6.07) is 12.5. The van der Waals surface area contributed by atoms with Gasteiger partial charge in [0.1, 0.15) is 12.0 Å². The summed E-state index contributed by atoms with van der Waals surface area (Å²) in [5.41, 5.74) is 2.52. The quantitative estimate of drug-likeness (QED) is 0.505. The summed E-state index contributed by atoms with van der Waals surface area (Å²) in [7, 11) is 3.71. The SMILES string of the molecule is CN(C)/C=C(\C(=O)c1ccc(Cl)cc1Cl)n1cnc2ccccc21. The second kappa shape index (κ2) is 6.67. The average Bonchev–Trinajstić information content (AvgIpc) is 2.96. The molecule has 0 amide bonds. The summed E-state index contributed by atoms with van der Waals surface area (Å²) in [6.45, 7) is 0. The molecule has 0 spiro atoms. The molecule has 0 aliphatic heterocycles. The molecule has 0 saturated heterocycles. The van der Waals surface area contributed by atoms with Crippen molar-refractivity contribution >= 4 is 45.7 Å². The third kappa shape index (κ3) is 3.16. The molecule has 3 rings (SSSR count). The molecule has 6 heteroatoms. The maximum Gasteiger partial charge on any atom is 0.212 e. The Morgan fingerprint density at radius 2 is 1.92 bits per heavy atom. The van der Waals surface area contributed by atoms with E-state index in [1.54, 1.807) is 35.3 Å².